The minimum Gasteiger partial charge on any atom is -0.490 e. The Morgan fingerprint density at radius 1 is 0.895 bits per heavy atom. The molecular formula is C29H32F6N2O. The summed E-state index contributed by atoms with van der Waals surface area (Å²) < 4.78 is 87.1. The summed E-state index contributed by atoms with van der Waals surface area (Å²) in [5.74, 6) is -1.63. The van der Waals surface area contributed by atoms with Crippen LogP contribution in [0.1, 0.15) is 68.9 Å². The van der Waals surface area contributed by atoms with Gasteiger partial charge in [-0.15, -0.1) is 0 Å². The van der Waals surface area contributed by atoms with Crippen molar-refractivity contribution in [2.24, 2.45) is 11.8 Å². The Kier molecular flexibility index (Phi) is 7.56. The predicted molar refractivity (Wildman–Crippen MR) is 132 cm³/mol. The maximum absolute atomic E-state index is 14.2. The summed E-state index contributed by atoms with van der Waals surface area (Å²) in [6, 6.07) is 11.2. The number of ether oxygens (including phenoxy) is 1. The van der Waals surface area contributed by atoms with Crippen LogP contribution in [-0.4, -0.2) is 35.8 Å². The van der Waals surface area contributed by atoms with Gasteiger partial charge in [-0.1, -0.05) is 30.7 Å². The first-order valence-corrected chi connectivity index (χ1v) is 13.5. The van der Waals surface area contributed by atoms with E-state index in [1.807, 2.05) is 0 Å². The number of nitrogens with zero attached hydrogens (tertiary/aromatic N) is 2. The van der Waals surface area contributed by atoms with Gasteiger partial charge in [0.25, 0.3) is 0 Å². The van der Waals surface area contributed by atoms with Crippen LogP contribution in [0, 0.1) is 23.2 Å². The lowest BCUT2D eigenvalue weighted by Gasteiger charge is -2.47. The minimum absolute atomic E-state index is 0.0365. The second-order valence-corrected chi connectivity index (χ2v) is 11.1. The summed E-state index contributed by atoms with van der Waals surface area (Å²) in [5, 5.41) is 9.87. The molecule has 2 unspecified atom stereocenters. The van der Waals surface area contributed by atoms with E-state index in [2.05, 4.69) is 11.0 Å². The number of halogens is 6. The van der Waals surface area contributed by atoms with Crippen molar-refractivity contribution in [3.63, 3.8) is 0 Å². The quantitative estimate of drug-likeness (QED) is 0.361. The van der Waals surface area contributed by atoms with Gasteiger partial charge in [0.1, 0.15) is 11.3 Å². The zero-order chi connectivity index (χ0) is 27.1. The van der Waals surface area contributed by atoms with Crippen LogP contribution >= 0.6 is 0 Å². The maximum atomic E-state index is 14.2. The van der Waals surface area contributed by atoms with Gasteiger partial charge >= 0.3 is 12.4 Å². The second-order valence-electron chi connectivity index (χ2n) is 11.1. The molecule has 0 radical (unpaired) electrons. The lowest BCUT2D eigenvalue weighted by atomic mass is 9.79. The molecular weight excluding hydrogens is 506 g/mol. The number of hydrogen-bond donors (Lipinski definition) is 0. The molecule has 0 spiro atoms. The van der Waals surface area contributed by atoms with E-state index in [1.165, 1.54) is 18.6 Å². The van der Waals surface area contributed by atoms with Gasteiger partial charge in [0.05, 0.1) is 18.1 Å². The summed E-state index contributed by atoms with van der Waals surface area (Å²) in [5.41, 5.74) is 0.0813. The Morgan fingerprint density at radius 2 is 1.58 bits per heavy atom. The van der Waals surface area contributed by atoms with Gasteiger partial charge in [-0.3, -0.25) is 4.90 Å². The van der Waals surface area contributed by atoms with Crippen molar-refractivity contribution in [3.8, 4) is 11.8 Å². The highest BCUT2D eigenvalue weighted by Gasteiger charge is 2.43. The smallest absolute Gasteiger partial charge is 0.420 e. The molecule has 2 aromatic rings. The Morgan fingerprint density at radius 3 is 2.18 bits per heavy atom. The highest BCUT2D eigenvalue weighted by atomic mass is 19.4. The van der Waals surface area contributed by atoms with Crippen molar-refractivity contribution in [3.05, 3.63) is 41.5 Å². The Labute approximate surface area is 218 Å². The van der Waals surface area contributed by atoms with Crippen LogP contribution in [0.2, 0.25) is 0 Å². The second kappa shape index (κ2) is 10.6. The first-order valence-electron chi connectivity index (χ1n) is 13.5. The molecule has 0 N–H and O–H groups in total. The van der Waals surface area contributed by atoms with Crippen LogP contribution in [0.15, 0.2) is 30.3 Å². The van der Waals surface area contributed by atoms with Crippen molar-refractivity contribution >= 4 is 10.8 Å². The van der Waals surface area contributed by atoms with E-state index in [1.54, 1.807) is 18.2 Å². The third kappa shape index (κ3) is 5.75. The average Bonchev–Trinajstić information content (AvgIpc) is 2.85. The van der Waals surface area contributed by atoms with Gasteiger partial charge < -0.3 is 4.74 Å². The van der Waals surface area contributed by atoms with E-state index < -0.39 is 29.9 Å². The van der Waals surface area contributed by atoms with Crippen LogP contribution in [0.25, 0.3) is 10.8 Å². The van der Waals surface area contributed by atoms with Crippen LogP contribution < -0.4 is 4.74 Å². The molecule has 0 aromatic heterocycles. The van der Waals surface area contributed by atoms with Crippen LogP contribution in [-0.2, 0) is 12.6 Å². The number of benzene rings is 2. The fraction of sp³-hybridized carbons (Fsp3) is 0.621. The SMILES string of the molecule is N#CC1CC2CCCC(C1)N2CCc1ccc2c(C(F)(F)F)c(O[C@H]3CC[C@@H](C(F)(F)F)CC3)ccc2c1. The van der Waals surface area contributed by atoms with Crippen LogP contribution in [0.3, 0.4) is 0 Å². The number of fused-ring (bicyclic) bond motifs is 3. The predicted octanol–water partition coefficient (Wildman–Crippen LogP) is 8.06. The number of hydrogen-bond acceptors (Lipinski definition) is 3. The molecule has 2 bridgehead atoms. The van der Waals surface area contributed by atoms with Gasteiger partial charge in [-0.2, -0.15) is 31.6 Å². The lowest BCUT2D eigenvalue weighted by molar-refractivity contribution is -0.185. The van der Waals surface area contributed by atoms with E-state index in [-0.39, 0.29) is 42.7 Å². The molecule has 3 fully saturated rings. The molecule has 3 nitrogen and oxygen atoms in total. The minimum atomic E-state index is -4.66. The van der Waals surface area contributed by atoms with Crippen molar-refractivity contribution in [1.29, 1.82) is 5.26 Å². The molecule has 1 aliphatic carbocycles. The molecule has 2 saturated heterocycles. The molecule has 2 aromatic carbocycles. The zero-order valence-electron chi connectivity index (χ0n) is 21.1. The Hall–Kier alpha value is -2.47. The third-order valence-electron chi connectivity index (χ3n) is 8.73. The third-order valence-corrected chi connectivity index (χ3v) is 8.73. The zero-order valence-corrected chi connectivity index (χ0v) is 21.1. The summed E-state index contributed by atoms with van der Waals surface area (Å²) in [4.78, 5) is 2.49. The van der Waals surface area contributed by atoms with Gasteiger partial charge in [0.2, 0.25) is 0 Å². The van der Waals surface area contributed by atoms with Crippen molar-refractivity contribution in [2.75, 3.05) is 6.54 Å². The molecule has 0 amide bonds. The fourth-order valence-corrected chi connectivity index (χ4v) is 6.80. The van der Waals surface area contributed by atoms with Crippen LogP contribution in [0.5, 0.6) is 5.75 Å². The van der Waals surface area contributed by atoms with Crippen LogP contribution in [0.4, 0.5) is 26.3 Å². The van der Waals surface area contributed by atoms with Gasteiger partial charge in [-0.25, -0.2) is 0 Å². The molecule has 206 valence electrons. The number of nitriles is 1. The summed E-state index contributed by atoms with van der Waals surface area (Å²) in [6.07, 6.45) is -3.91. The van der Waals surface area contributed by atoms with Crippen molar-refractivity contribution < 1.29 is 31.1 Å². The monoisotopic (exact) mass is 538 g/mol. The fourth-order valence-electron chi connectivity index (χ4n) is 6.80. The van der Waals surface area contributed by atoms with Gasteiger partial charge in [0, 0.05) is 24.5 Å². The summed E-state index contributed by atoms with van der Waals surface area (Å²) >= 11 is 0. The van der Waals surface area contributed by atoms with Gasteiger partial charge in [0.15, 0.2) is 0 Å². The topological polar surface area (TPSA) is 36.3 Å². The van der Waals surface area contributed by atoms with E-state index >= 15 is 0 Å². The molecule has 2 heterocycles. The Balaban J connectivity index is 1.31. The van der Waals surface area contributed by atoms with Gasteiger partial charge in [-0.05, 0) is 80.2 Å². The highest BCUT2D eigenvalue weighted by molar-refractivity contribution is 5.89. The van der Waals surface area contributed by atoms with E-state index in [0.717, 1.165) is 37.8 Å². The van der Waals surface area contributed by atoms with E-state index in [0.29, 0.717) is 23.9 Å². The van der Waals surface area contributed by atoms with E-state index in [4.69, 9.17) is 4.74 Å². The molecule has 9 heteroatoms. The molecule has 2 aliphatic heterocycles. The number of alkyl halides is 6. The maximum Gasteiger partial charge on any atom is 0.420 e. The van der Waals surface area contributed by atoms with E-state index in [9.17, 15) is 31.6 Å². The molecule has 1 saturated carbocycles. The number of rotatable bonds is 5. The highest BCUT2D eigenvalue weighted by Crippen LogP contribution is 2.44. The normalized spacial score (nSPS) is 28.7. The summed E-state index contributed by atoms with van der Waals surface area (Å²) in [6.45, 7) is 0.812. The average molecular weight is 539 g/mol. The molecule has 38 heavy (non-hydrogen) atoms. The standard InChI is InChI=1S/C29H32F6N2O/c30-28(31,32)21-6-8-24(9-7-21)38-26-11-5-20-14-18(4-10-25(20)27(26)29(33,34)35)12-13-37-22-2-1-3-23(37)16-19(15-22)17-36/h4-5,10-11,14,19,21-24H,1-3,6-9,12-13,15-16H2/t19?,21-,22?,23?,24+. The lowest BCUT2D eigenvalue weighted by Crippen LogP contribution is -2.52. The Bertz CT molecular complexity index is 1160. The molecule has 3 aliphatic rings. The first-order chi connectivity index (χ1) is 18.0. The van der Waals surface area contributed by atoms with Crippen molar-refractivity contribution in [1.82, 2.24) is 4.90 Å². The summed E-state index contributed by atoms with van der Waals surface area (Å²) in [7, 11) is 0. The number of piperidine rings is 2. The first kappa shape index (κ1) is 27.1. The molecule has 5 rings (SSSR count). The molecule has 2 atom stereocenters. The van der Waals surface area contributed by atoms with Crippen molar-refractivity contribution in [2.45, 2.75) is 94.7 Å². The largest absolute Gasteiger partial charge is 0.490 e.